The molecule has 0 aromatic heterocycles. The molecular formula is C22H21ClN2O4S. The van der Waals surface area contributed by atoms with E-state index in [2.05, 4.69) is 5.32 Å². The maximum atomic E-state index is 12.9. The number of halogens is 1. The lowest BCUT2D eigenvalue weighted by atomic mass is 10.1. The minimum Gasteiger partial charge on any atom is -0.495 e. The molecule has 0 aliphatic heterocycles. The molecule has 1 N–H and O–H groups in total. The van der Waals surface area contributed by atoms with Gasteiger partial charge in [0.05, 0.1) is 23.4 Å². The average Bonchev–Trinajstić information content (AvgIpc) is 2.76. The molecule has 3 aromatic rings. The number of sulfonamides is 1. The number of anilines is 2. The Morgan fingerprint density at radius 3 is 2.27 bits per heavy atom. The Kier molecular flexibility index (Phi) is 6.34. The summed E-state index contributed by atoms with van der Waals surface area (Å²) in [5.74, 6) is 0.0398. The number of carbonyl (C=O) groups is 1. The monoisotopic (exact) mass is 444 g/mol. The molecule has 0 saturated heterocycles. The van der Waals surface area contributed by atoms with Gasteiger partial charge in [0, 0.05) is 23.7 Å². The Bertz CT molecular complexity index is 1160. The van der Waals surface area contributed by atoms with Crippen LogP contribution in [0.5, 0.6) is 5.75 Å². The van der Waals surface area contributed by atoms with Crippen LogP contribution < -0.4 is 14.4 Å². The number of ether oxygens (including phenoxy) is 1. The third-order valence-corrected chi connectivity index (χ3v) is 6.83. The van der Waals surface area contributed by atoms with E-state index in [1.165, 1.54) is 42.7 Å². The molecule has 30 heavy (non-hydrogen) atoms. The number of hydrogen-bond acceptors (Lipinski definition) is 4. The number of hydrogen-bond donors (Lipinski definition) is 1. The summed E-state index contributed by atoms with van der Waals surface area (Å²) in [7, 11) is -0.775. The van der Waals surface area contributed by atoms with Crippen molar-refractivity contribution in [1.29, 1.82) is 0 Å². The summed E-state index contributed by atoms with van der Waals surface area (Å²) in [6, 6.07) is 17.9. The third kappa shape index (κ3) is 4.42. The molecule has 3 aromatic carbocycles. The molecule has 0 spiro atoms. The van der Waals surface area contributed by atoms with E-state index in [0.29, 0.717) is 27.7 Å². The van der Waals surface area contributed by atoms with Crippen molar-refractivity contribution in [1.82, 2.24) is 0 Å². The lowest BCUT2D eigenvalue weighted by Gasteiger charge is -2.19. The lowest BCUT2D eigenvalue weighted by molar-refractivity contribution is 0.102. The molecule has 0 heterocycles. The second-order valence-electron chi connectivity index (χ2n) is 6.59. The Morgan fingerprint density at radius 2 is 1.67 bits per heavy atom. The average molecular weight is 445 g/mol. The fourth-order valence-electron chi connectivity index (χ4n) is 2.84. The molecular weight excluding hydrogens is 424 g/mol. The van der Waals surface area contributed by atoms with Crippen LogP contribution in [-0.2, 0) is 10.0 Å². The summed E-state index contributed by atoms with van der Waals surface area (Å²) < 4.78 is 32.2. The molecule has 0 bridgehead atoms. The van der Waals surface area contributed by atoms with Crippen molar-refractivity contribution in [3.05, 3.63) is 82.9 Å². The first-order chi connectivity index (χ1) is 14.2. The summed E-state index contributed by atoms with van der Waals surface area (Å²) in [5.41, 5.74) is 2.12. The Morgan fingerprint density at radius 1 is 1.03 bits per heavy atom. The molecule has 156 valence electrons. The molecule has 8 heteroatoms. The number of nitrogens with one attached hydrogen (secondary N) is 1. The van der Waals surface area contributed by atoms with Gasteiger partial charge in [-0.25, -0.2) is 8.42 Å². The predicted molar refractivity (Wildman–Crippen MR) is 119 cm³/mol. The van der Waals surface area contributed by atoms with Crippen molar-refractivity contribution in [3.63, 3.8) is 0 Å². The molecule has 3 rings (SSSR count). The molecule has 1 amide bonds. The standard InChI is InChI=1S/C22H21ClN2O4S/c1-15-13-20(21(29-3)14-19(15)23)24-22(26)16-9-11-18(12-10-16)30(27,28)25(2)17-7-5-4-6-8-17/h4-14H,1-3H3,(H,24,26). The summed E-state index contributed by atoms with van der Waals surface area (Å²) >= 11 is 6.09. The fourth-order valence-corrected chi connectivity index (χ4v) is 4.19. The smallest absolute Gasteiger partial charge is 0.264 e. The molecule has 0 aliphatic carbocycles. The van der Waals surface area contributed by atoms with Gasteiger partial charge in [0.2, 0.25) is 0 Å². The molecule has 0 fully saturated rings. The molecule has 0 unspecified atom stereocenters. The van der Waals surface area contributed by atoms with Gasteiger partial charge in [-0.3, -0.25) is 9.10 Å². The topological polar surface area (TPSA) is 75.7 Å². The SMILES string of the molecule is COc1cc(Cl)c(C)cc1NC(=O)c1ccc(S(=O)(=O)N(C)c2ccccc2)cc1. The fraction of sp³-hybridized carbons (Fsp3) is 0.136. The Labute approximate surface area is 181 Å². The van der Waals surface area contributed by atoms with Gasteiger partial charge in [-0.1, -0.05) is 29.8 Å². The number of amides is 1. The van der Waals surface area contributed by atoms with Gasteiger partial charge in [-0.2, -0.15) is 0 Å². The highest BCUT2D eigenvalue weighted by molar-refractivity contribution is 7.92. The lowest BCUT2D eigenvalue weighted by Crippen LogP contribution is -2.26. The molecule has 0 aliphatic rings. The van der Waals surface area contributed by atoms with Crippen LogP contribution in [0.3, 0.4) is 0 Å². The van der Waals surface area contributed by atoms with E-state index in [1.54, 1.807) is 36.4 Å². The molecule has 6 nitrogen and oxygen atoms in total. The summed E-state index contributed by atoms with van der Waals surface area (Å²) in [5, 5.41) is 3.30. The maximum absolute atomic E-state index is 12.9. The molecule has 0 saturated carbocycles. The number of rotatable bonds is 6. The first-order valence-corrected chi connectivity index (χ1v) is 10.9. The minimum absolute atomic E-state index is 0.0883. The van der Waals surface area contributed by atoms with E-state index in [9.17, 15) is 13.2 Å². The van der Waals surface area contributed by atoms with Crippen LogP contribution in [0, 0.1) is 6.92 Å². The highest BCUT2D eigenvalue weighted by atomic mass is 35.5. The Hall–Kier alpha value is -3.03. The van der Waals surface area contributed by atoms with E-state index in [1.807, 2.05) is 13.0 Å². The van der Waals surface area contributed by atoms with Crippen molar-refractivity contribution in [3.8, 4) is 5.75 Å². The number of para-hydroxylation sites is 1. The van der Waals surface area contributed by atoms with Crippen molar-refractivity contribution in [2.75, 3.05) is 23.8 Å². The number of methoxy groups -OCH3 is 1. The zero-order valence-electron chi connectivity index (χ0n) is 16.7. The largest absolute Gasteiger partial charge is 0.495 e. The highest BCUT2D eigenvalue weighted by Crippen LogP contribution is 2.31. The van der Waals surface area contributed by atoms with E-state index in [-0.39, 0.29) is 4.90 Å². The number of carbonyl (C=O) groups excluding carboxylic acids is 1. The molecule has 0 atom stereocenters. The number of benzene rings is 3. The van der Waals surface area contributed by atoms with E-state index in [4.69, 9.17) is 16.3 Å². The Balaban J connectivity index is 1.82. The van der Waals surface area contributed by atoms with Gasteiger partial charge >= 0.3 is 0 Å². The van der Waals surface area contributed by atoms with Crippen molar-refractivity contribution in [2.45, 2.75) is 11.8 Å². The first-order valence-electron chi connectivity index (χ1n) is 9.03. The number of nitrogens with zero attached hydrogens (tertiary/aromatic N) is 1. The normalized spacial score (nSPS) is 11.1. The van der Waals surface area contributed by atoms with Gasteiger partial charge in [-0.05, 0) is 55.0 Å². The van der Waals surface area contributed by atoms with E-state index < -0.39 is 15.9 Å². The van der Waals surface area contributed by atoms with Crippen LogP contribution >= 0.6 is 11.6 Å². The quantitative estimate of drug-likeness (QED) is 0.596. The van der Waals surface area contributed by atoms with Gasteiger partial charge in [0.25, 0.3) is 15.9 Å². The van der Waals surface area contributed by atoms with Crippen molar-refractivity contribution < 1.29 is 17.9 Å². The van der Waals surface area contributed by atoms with Crippen LogP contribution in [0.1, 0.15) is 15.9 Å². The summed E-state index contributed by atoms with van der Waals surface area (Å²) in [4.78, 5) is 12.7. The second kappa shape index (κ2) is 8.77. The summed E-state index contributed by atoms with van der Waals surface area (Å²) in [6.45, 7) is 1.82. The second-order valence-corrected chi connectivity index (χ2v) is 8.96. The zero-order valence-corrected chi connectivity index (χ0v) is 18.3. The number of aryl methyl sites for hydroxylation is 1. The molecule has 0 radical (unpaired) electrons. The minimum atomic E-state index is -3.75. The van der Waals surface area contributed by atoms with Crippen LogP contribution in [0.15, 0.2) is 71.6 Å². The van der Waals surface area contributed by atoms with Gasteiger partial charge in [0.1, 0.15) is 5.75 Å². The van der Waals surface area contributed by atoms with Gasteiger partial charge in [0.15, 0.2) is 0 Å². The predicted octanol–water partition coefficient (Wildman–Crippen LogP) is 4.73. The highest BCUT2D eigenvalue weighted by Gasteiger charge is 2.21. The van der Waals surface area contributed by atoms with Crippen LogP contribution in [-0.4, -0.2) is 28.5 Å². The van der Waals surface area contributed by atoms with Crippen LogP contribution in [0.2, 0.25) is 5.02 Å². The van der Waals surface area contributed by atoms with Crippen LogP contribution in [0.4, 0.5) is 11.4 Å². The van der Waals surface area contributed by atoms with Crippen molar-refractivity contribution >= 4 is 38.9 Å². The van der Waals surface area contributed by atoms with Crippen molar-refractivity contribution in [2.24, 2.45) is 0 Å². The van der Waals surface area contributed by atoms with E-state index in [0.717, 1.165) is 5.56 Å². The maximum Gasteiger partial charge on any atom is 0.264 e. The van der Waals surface area contributed by atoms with Gasteiger partial charge < -0.3 is 10.1 Å². The zero-order chi connectivity index (χ0) is 21.9. The van der Waals surface area contributed by atoms with Gasteiger partial charge in [-0.15, -0.1) is 0 Å². The first kappa shape index (κ1) is 21.7. The van der Waals surface area contributed by atoms with Crippen LogP contribution in [0.25, 0.3) is 0 Å². The van der Waals surface area contributed by atoms with E-state index >= 15 is 0 Å². The third-order valence-electron chi connectivity index (χ3n) is 4.62. The summed E-state index contributed by atoms with van der Waals surface area (Å²) in [6.07, 6.45) is 0.